The van der Waals surface area contributed by atoms with Crippen molar-refractivity contribution in [3.8, 4) is 0 Å². The van der Waals surface area contributed by atoms with Gasteiger partial charge in [-0.05, 0) is 43.3 Å². The normalized spacial score (nSPS) is 10.1. The van der Waals surface area contributed by atoms with Crippen molar-refractivity contribution in [3.63, 3.8) is 0 Å². The highest BCUT2D eigenvalue weighted by atomic mass is 35.5. The molecule has 2 aromatic rings. The molecule has 0 aromatic heterocycles. The van der Waals surface area contributed by atoms with Gasteiger partial charge in [-0.15, -0.1) is 0 Å². The van der Waals surface area contributed by atoms with Gasteiger partial charge in [0.15, 0.2) is 12.4 Å². The molecule has 2 N–H and O–H groups in total. The highest BCUT2D eigenvalue weighted by Crippen LogP contribution is 2.10. The Balaban J connectivity index is 1.67. The number of halogens is 1. The molecule has 28 heavy (non-hydrogen) atoms. The largest absolute Gasteiger partial charge is 0.456 e. The molecule has 0 heterocycles. The van der Waals surface area contributed by atoms with E-state index in [0.29, 0.717) is 16.1 Å². The van der Waals surface area contributed by atoms with Crippen LogP contribution in [-0.4, -0.2) is 43.3 Å². The minimum atomic E-state index is -0.763. The number of Topliss-reactive ketones (excluding diaryl/α,β-unsaturated/α-hetero) is 1. The summed E-state index contributed by atoms with van der Waals surface area (Å²) in [5, 5.41) is 5.25. The number of amides is 2. The minimum Gasteiger partial charge on any atom is -0.456 e. The molecule has 2 amide bonds. The zero-order chi connectivity index (χ0) is 20.5. The van der Waals surface area contributed by atoms with Gasteiger partial charge in [0.1, 0.15) is 6.54 Å². The predicted molar refractivity (Wildman–Crippen MR) is 103 cm³/mol. The fourth-order valence-corrected chi connectivity index (χ4v) is 2.24. The molecule has 0 saturated heterocycles. The molecule has 0 atom stereocenters. The quantitative estimate of drug-likeness (QED) is 0.519. The molecule has 0 aliphatic carbocycles. The lowest BCUT2D eigenvalue weighted by atomic mass is 10.1. The maximum Gasteiger partial charge on any atom is 0.325 e. The Bertz CT molecular complexity index is 790. The van der Waals surface area contributed by atoms with Crippen LogP contribution in [-0.2, 0) is 14.3 Å². The van der Waals surface area contributed by atoms with Crippen LogP contribution >= 0.6 is 11.6 Å². The first-order chi connectivity index (χ1) is 13.3. The first kappa shape index (κ1) is 21.1. The van der Waals surface area contributed by atoms with Gasteiger partial charge in [-0.1, -0.05) is 29.3 Å². The Kier molecular flexibility index (Phi) is 7.71. The summed E-state index contributed by atoms with van der Waals surface area (Å²) in [6, 6.07) is 13.0. The fraction of sp³-hybridized carbons (Fsp3) is 0.200. The molecule has 2 aromatic carbocycles. The molecule has 0 unspecified atom stereocenters. The van der Waals surface area contributed by atoms with Crippen LogP contribution < -0.4 is 10.6 Å². The zero-order valence-electron chi connectivity index (χ0n) is 15.2. The second-order valence-electron chi connectivity index (χ2n) is 5.92. The van der Waals surface area contributed by atoms with E-state index >= 15 is 0 Å². The third-order valence-electron chi connectivity index (χ3n) is 3.68. The summed E-state index contributed by atoms with van der Waals surface area (Å²) in [7, 11) is 0. The van der Waals surface area contributed by atoms with Crippen LogP contribution in [0.15, 0.2) is 48.5 Å². The van der Waals surface area contributed by atoms with E-state index in [1.54, 1.807) is 36.4 Å². The molecule has 2 rings (SSSR count). The average Bonchev–Trinajstić information content (AvgIpc) is 2.69. The van der Waals surface area contributed by atoms with Crippen molar-refractivity contribution in [2.24, 2.45) is 0 Å². The van der Waals surface area contributed by atoms with E-state index in [2.05, 4.69) is 10.6 Å². The lowest BCUT2D eigenvalue weighted by Crippen LogP contribution is -2.39. The highest BCUT2D eigenvalue weighted by Gasteiger charge is 2.12. The number of rotatable bonds is 8. The van der Waals surface area contributed by atoms with Crippen molar-refractivity contribution in [1.82, 2.24) is 10.6 Å². The van der Waals surface area contributed by atoms with E-state index in [1.807, 2.05) is 6.92 Å². The van der Waals surface area contributed by atoms with Crippen LogP contribution in [0.5, 0.6) is 0 Å². The number of hydrogen-bond donors (Lipinski definition) is 2. The third kappa shape index (κ3) is 6.85. The monoisotopic (exact) mass is 402 g/mol. The topological polar surface area (TPSA) is 102 Å². The Morgan fingerprint density at radius 3 is 2.11 bits per heavy atom. The molecule has 0 aliphatic rings. The number of esters is 1. The van der Waals surface area contributed by atoms with Crippen LogP contribution in [0.25, 0.3) is 0 Å². The number of nitrogens with one attached hydrogen (secondary N) is 2. The molecule has 146 valence electrons. The van der Waals surface area contributed by atoms with Crippen molar-refractivity contribution in [3.05, 3.63) is 70.2 Å². The second-order valence-corrected chi connectivity index (χ2v) is 6.35. The Hall–Kier alpha value is -3.19. The summed E-state index contributed by atoms with van der Waals surface area (Å²) >= 11 is 5.74. The lowest BCUT2D eigenvalue weighted by molar-refractivity contribution is -0.142. The van der Waals surface area contributed by atoms with Gasteiger partial charge in [0.2, 0.25) is 5.91 Å². The summed E-state index contributed by atoms with van der Waals surface area (Å²) < 4.78 is 4.82. The SMILES string of the molecule is Cc1ccc(C(=O)NCC(=O)NCC(=O)OCC(=O)c2ccc(Cl)cc2)cc1. The van der Waals surface area contributed by atoms with E-state index in [9.17, 15) is 19.2 Å². The van der Waals surface area contributed by atoms with Gasteiger partial charge >= 0.3 is 5.97 Å². The molecule has 0 fully saturated rings. The third-order valence-corrected chi connectivity index (χ3v) is 3.94. The van der Waals surface area contributed by atoms with E-state index in [4.69, 9.17) is 16.3 Å². The summed E-state index contributed by atoms with van der Waals surface area (Å²) in [5.41, 5.74) is 1.81. The number of carbonyl (C=O) groups excluding carboxylic acids is 4. The molecule has 0 saturated carbocycles. The molecule has 0 bridgehead atoms. The number of ketones is 1. The maximum atomic E-state index is 11.9. The second kappa shape index (κ2) is 10.2. The van der Waals surface area contributed by atoms with E-state index in [1.165, 1.54) is 12.1 Å². The van der Waals surface area contributed by atoms with E-state index in [0.717, 1.165) is 5.56 Å². The van der Waals surface area contributed by atoms with Gasteiger partial charge in [-0.25, -0.2) is 0 Å². The Morgan fingerprint density at radius 1 is 0.857 bits per heavy atom. The molecule has 8 heteroatoms. The minimum absolute atomic E-state index is 0.288. The van der Waals surface area contributed by atoms with Gasteiger partial charge in [0, 0.05) is 16.1 Å². The van der Waals surface area contributed by atoms with Crippen molar-refractivity contribution in [1.29, 1.82) is 0 Å². The van der Waals surface area contributed by atoms with Crippen LogP contribution in [0.4, 0.5) is 0 Å². The van der Waals surface area contributed by atoms with Crippen LogP contribution in [0.3, 0.4) is 0 Å². The van der Waals surface area contributed by atoms with Crippen molar-refractivity contribution in [2.45, 2.75) is 6.92 Å². The number of benzene rings is 2. The molecule has 0 aliphatic heterocycles. The van der Waals surface area contributed by atoms with Gasteiger partial charge < -0.3 is 15.4 Å². The Labute approximate surface area is 167 Å². The highest BCUT2D eigenvalue weighted by molar-refractivity contribution is 6.30. The van der Waals surface area contributed by atoms with Gasteiger partial charge in [0.25, 0.3) is 5.91 Å². The summed E-state index contributed by atoms with van der Waals surface area (Å²) in [6.07, 6.45) is 0. The van der Waals surface area contributed by atoms with E-state index in [-0.39, 0.29) is 12.3 Å². The first-order valence-corrected chi connectivity index (χ1v) is 8.79. The van der Waals surface area contributed by atoms with Crippen LogP contribution in [0.2, 0.25) is 5.02 Å². The number of ether oxygens (including phenoxy) is 1. The maximum absolute atomic E-state index is 11.9. The van der Waals surface area contributed by atoms with Crippen molar-refractivity contribution >= 4 is 35.2 Å². The van der Waals surface area contributed by atoms with Gasteiger partial charge in [-0.3, -0.25) is 19.2 Å². The molecule has 0 spiro atoms. The number of aryl methyl sites for hydroxylation is 1. The number of carbonyl (C=O) groups is 4. The molecule has 0 radical (unpaired) electrons. The summed E-state index contributed by atoms with van der Waals surface area (Å²) in [5.74, 6) is -2.10. The van der Waals surface area contributed by atoms with Crippen molar-refractivity contribution < 1.29 is 23.9 Å². The first-order valence-electron chi connectivity index (χ1n) is 8.41. The smallest absolute Gasteiger partial charge is 0.325 e. The molecular formula is C20H19ClN2O5. The molecule has 7 nitrogen and oxygen atoms in total. The average molecular weight is 403 g/mol. The van der Waals surface area contributed by atoms with Crippen LogP contribution in [0.1, 0.15) is 26.3 Å². The van der Waals surface area contributed by atoms with Gasteiger partial charge in [-0.2, -0.15) is 0 Å². The van der Waals surface area contributed by atoms with E-state index < -0.39 is 30.9 Å². The van der Waals surface area contributed by atoms with Crippen molar-refractivity contribution in [2.75, 3.05) is 19.7 Å². The zero-order valence-corrected chi connectivity index (χ0v) is 15.9. The predicted octanol–water partition coefficient (Wildman–Crippen LogP) is 1.92. The van der Waals surface area contributed by atoms with Gasteiger partial charge in [0.05, 0.1) is 6.54 Å². The lowest BCUT2D eigenvalue weighted by Gasteiger charge is -2.08. The number of hydrogen-bond acceptors (Lipinski definition) is 5. The standard InChI is InChI=1S/C20H19ClN2O5/c1-13-2-4-15(5-3-13)20(27)23-10-18(25)22-11-19(26)28-12-17(24)14-6-8-16(21)9-7-14/h2-9H,10-12H2,1H3,(H,22,25)(H,23,27). The fourth-order valence-electron chi connectivity index (χ4n) is 2.12. The van der Waals surface area contributed by atoms with Crippen LogP contribution in [0, 0.1) is 6.92 Å². The molecular weight excluding hydrogens is 384 g/mol. The summed E-state index contributed by atoms with van der Waals surface area (Å²) in [4.78, 5) is 47.1. The summed E-state index contributed by atoms with van der Waals surface area (Å²) in [6.45, 7) is 0.758. The Morgan fingerprint density at radius 2 is 1.46 bits per heavy atom.